The van der Waals surface area contributed by atoms with E-state index in [9.17, 15) is 22.8 Å². The summed E-state index contributed by atoms with van der Waals surface area (Å²) in [6, 6.07) is 15.5. The molecule has 10 heteroatoms. The van der Waals surface area contributed by atoms with E-state index in [4.69, 9.17) is 6.42 Å². The first-order chi connectivity index (χ1) is 16.1. The van der Waals surface area contributed by atoms with Gasteiger partial charge in [0, 0.05) is 41.1 Å². The zero-order valence-corrected chi connectivity index (χ0v) is 19.0. The molecule has 0 aliphatic rings. The summed E-state index contributed by atoms with van der Waals surface area (Å²) in [7, 11) is -3.60. The number of rotatable bonds is 7. The van der Waals surface area contributed by atoms with Gasteiger partial charge in [-0.05, 0) is 54.6 Å². The standard InChI is InChI=1S/C24H22N4O5S/c1-3-17-7-9-19(10-8-17)26-24(31)27-21(16-34(2,32)33)23(30)25-18-11-13-20(14-12-18)28-15-5-4-6-22(28)29/h1,4-15,21H,16H2,2H3,(H,25,30)(H2,26,27,31). The third kappa shape index (κ3) is 6.82. The lowest BCUT2D eigenvalue weighted by Crippen LogP contribution is -2.49. The lowest BCUT2D eigenvalue weighted by Gasteiger charge is -2.18. The van der Waals surface area contributed by atoms with E-state index >= 15 is 0 Å². The number of carbonyl (C=O) groups excluding carboxylic acids is 2. The Hall–Kier alpha value is -4.36. The number of benzene rings is 2. The zero-order valence-electron chi connectivity index (χ0n) is 18.2. The van der Waals surface area contributed by atoms with Crippen LogP contribution in [-0.2, 0) is 14.6 Å². The van der Waals surface area contributed by atoms with Gasteiger partial charge in [-0.15, -0.1) is 6.42 Å². The van der Waals surface area contributed by atoms with Crippen LogP contribution in [0.15, 0.2) is 77.7 Å². The fourth-order valence-corrected chi connectivity index (χ4v) is 3.88. The molecule has 1 unspecified atom stereocenters. The molecule has 3 N–H and O–H groups in total. The second-order valence-corrected chi connectivity index (χ2v) is 9.59. The van der Waals surface area contributed by atoms with Crippen LogP contribution in [-0.4, -0.2) is 43.0 Å². The number of pyridine rings is 1. The van der Waals surface area contributed by atoms with Crippen molar-refractivity contribution >= 4 is 33.2 Å². The van der Waals surface area contributed by atoms with Crippen LogP contribution in [0.4, 0.5) is 16.2 Å². The number of anilines is 2. The van der Waals surface area contributed by atoms with E-state index < -0.39 is 33.6 Å². The number of nitrogens with zero attached hydrogens (tertiary/aromatic N) is 1. The fourth-order valence-electron chi connectivity index (χ4n) is 3.04. The van der Waals surface area contributed by atoms with E-state index in [-0.39, 0.29) is 5.56 Å². The molecule has 1 atom stereocenters. The maximum Gasteiger partial charge on any atom is 0.319 e. The average Bonchev–Trinajstić information content (AvgIpc) is 2.79. The normalized spacial score (nSPS) is 11.6. The highest BCUT2D eigenvalue weighted by Gasteiger charge is 2.25. The van der Waals surface area contributed by atoms with Crippen molar-refractivity contribution in [2.75, 3.05) is 22.6 Å². The number of urea groups is 1. The molecule has 0 bridgehead atoms. The van der Waals surface area contributed by atoms with Gasteiger partial charge in [0.15, 0.2) is 0 Å². The summed E-state index contributed by atoms with van der Waals surface area (Å²) in [5.74, 6) is 1.14. The molecular formula is C24H22N4O5S. The number of amides is 3. The Balaban J connectivity index is 1.70. The highest BCUT2D eigenvalue weighted by Crippen LogP contribution is 2.13. The van der Waals surface area contributed by atoms with Crippen LogP contribution >= 0.6 is 0 Å². The van der Waals surface area contributed by atoms with E-state index in [1.807, 2.05) is 0 Å². The molecule has 3 aromatic rings. The van der Waals surface area contributed by atoms with Crippen LogP contribution in [0.3, 0.4) is 0 Å². The number of hydrogen-bond acceptors (Lipinski definition) is 5. The number of aromatic nitrogens is 1. The van der Waals surface area contributed by atoms with Gasteiger partial charge in [0.1, 0.15) is 15.9 Å². The van der Waals surface area contributed by atoms with Crippen LogP contribution in [0.25, 0.3) is 5.69 Å². The molecule has 0 radical (unpaired) electrons. The molecule has 0 spiro atoms. The van der Waals surface area contributed by atoms with Gasteiger partial charge in [-0.2, -0.15) is 0 Å². The predicted octanol–water partition coefficient (Wildman–Crippen LogP) is 1.99. The number of nitrogens with one attached hydrogen (secondary N) is 3. The van der Waals surface area contributed by atoms with Gasteiger partial charge in [-0.1, -0.05) is 12.0 Å². The number of hydrogen-bond donors (Lipinski definition) is 3. The molecule has 3 rings (SSSR count). The first-order valence-electron chi connectivity index (χ1n) is 10.1. The molecule has 34 heavy (non-hydrogen) atoms. The molecule has 2 aromatic carbocycles. The summed E-state index contributed by atoms with van der Waals surface area (Å²) < 4.78 is 25.1. The van der Waals surface area contributed by atoms with Crippen molar-refractivity contribution < 1.29 is 18.0 Å². The third-order valence-corrected chi connectivity index (χ3v) is 5.57. The Morgan fingerprint density at radius 2 is 1.59 bits per heavy atom. The van der Waals surface area contributed by atoms with Crippen molar-refractivity contribution in [3.63, 3.8) is 0 Å². The molecule has 0 aliphatic heterocycles. The Morgan fingerprint density at radius 3 is 2.18 bits per heavy atom. The van der Waals surface area contributed by atoms with Crippen LogP contribution < -0.4 is 21.5 Å². The van der Waals surface area contributed by atoms with Gasteiger partial charge in [-0.3, -0.25) is 14.2 Å². The summed E-state index contributed by atoms with van der Waals surface area (Å²) in [4.78, 5) is 37.1. The Bertz CT molecular complexity index is 1390. The lowest BCUT2D eigenvalue weighted by molar-refractivity contribution is -0.117. The van der Waals surface area contributed by atoms with Crippen LogP contribution in [0.5, 0.6) is 0 Å². The lowest BCUT2D eigenvalue weighted by atomic mass is 10.2. The monoisotopic (exact) mass is 478 g/mol. The minimum atomic E-state index is -3.60. The number of terminal acetylenes is 1. The maximum absolute atomic E-state index is 12.8. The molecule has 1 heterocycles. The smallest absolute Gasteiger partial charge is 0.319 e. The third-order valence-electron chi connectivity index (χ3n) is 4.64. The van der Waals surface area contributed by atoms with E-state index in [0.717, 1.165) is 6.26 Å². The second kappa shape index (κ2) is 10.5. The quantitative estimate of drug-likeness (QED) is 0.448. The minimum Gasteiger partial charge on any atom is -0.325 e. The van der Waals surface area contributed by atoms with Crippen molar-refractivity contribution in [1.29, 1.82) is 0 Å². The second-order valence-electron chi connectivity index (χ2n) is 7.41. The maximum atomic E-state index is 12.8. The topological polar surface area (TPSA) is 126 Å². The zero-order chi connectivity index (χ0) is 24.7. The van der Waals surface area contributed by atoms with Crippen molar-refractivity contribution in [3.8, 4) is 18.0 Å². The van der Waals surface area contributed by atoms with Crippen LogP contribution in [0.2, 0.25) is 0 Å². The van der Waals surface area contributed by atoms with Crippen LogP contribution in [0, 0.1) is 12.3 Å². The first kappa shape index (κ1) is 24.3. The van der Waals surface area contributed by atoms with Gasteiger partial charge in [0.25, 0.3) is 5.56 Å². The van der Waals surface area contributed by atoms with E-state index in [1.54, 1.807) is 66.9 Å². The Labute approximate surface area is 196 Å². The van der Waals surface area contributed by atoms with Gasteiger partial charge in [0.05, 0.1) is 5.75 Å². The molecule has 174 valence electrons. The van der Waals surface area contributed by atoms with E-state index in [2.05, 4.69) is 21.9 Å². The molecular weight excluding hydrogens is 456 g/mol. The average molecular weight is 479 g/mol. The summed E-state index contributed by atoms with van der Waals surface area (Å²) in [6.07, 6.45) is 7.88. The highest BCUT2D eigenvalue weighted by atomic mass is 32.2. The van der Waals surface area contributed by atoms with Crippen molar-refractivity contribution in [2.45, 2.75) is 6.04 Å². The van der Waals surface area contributed by atoms with E-state index in [0.29, 0.717) is 22.6 Å². The van der Waals surface area contributed by atoms with Crippen molar-refractivity contribution in [3.05, 3.63) is 88.8 Å². The van der Waals surface area contributed by atoms with Gasteiger partial charge in [0.2, 0.25) is 5.91 Å². The molecule has 0 aliphatic carbocycles. The van der Waals surface area contributed by atoms with Crippen LogP contribution in [0.1, 0.15) is 5.56 Å². The molecule has 1 aromatic heterocycles. The SMILES string of the molecule is C#Cc1ccc(NC(=O)NC(CS(C)(=O)=O)C(=O)Nc2ccc(-n3ccccc3=O)cc2)cc1. The summed E-state index contributed by atoms with van der Waals surface area (Å²) in [5.41, 5.74) is 1.79. The Morgan fingerprint density at radius 1 is 0.971 bits per heavy atom. The van der Waals surface area contributed by atoms with Gasteiger partial charge >= 0.3 is 6.03 Å². The molecule has 9 nitrogen and oxygen atoms in total. The molecule has 0 saturated heterocycles. The first-order valence-corrected chi connectivity index (χ1v) is 12.1. The minimum absolute atomic E-state index is 0.211. The highest BCUT2D eigenvalue weighted by molar-refractivity contribution is 7.90. The molecule has 3 amide bonds. The van der Waals surface area contributed by atoms with Gasteiger partial charge in [-0.25, -0.2) is 13.2 Å². The predicted molar refractivity (Wildman–Crippen MR) is 131 cm³/mol. The number of sulfone groups is 1. The summed E-state index contributed by atoms with van der Waals surface area (Å²) >= 11 is 0. The molecule has 0 fully saturated rings. The summed E-state index contributed by atoms with van der Waals surface area (Å²) in [6.45, 7) is 0. The number of carbonyl (C=O) groups is 2. The van der Waals surface area contributed by atoms with Crippen molar-refractivity contribution in [2.24, 2.45) is 0 Å². The van der Waals surface area contributed by atoms with E-state index in [1.165, 1.54) is 10.6 Å². The largest absolute Gasteiger partial charge is 0.325 e. The summed E-state index contributed by atoms with van der Waals surface area (Å²) in [5, 5.41) is 7.51. The Kier molecular flexibility index (Phi) is 7.50. The molecule has 0 saturated carbocycles. The van der Waals surface area contributed by atoms with Crippen molar-refractivity contribution in [1.82, 2.24) is 9.88 Å². The fraction of sp³-hybridized carbons (Fsp3) is 0.125. The van der Waals surface area contributed by atoms with Gasteiger partial charge < -0.3 is 16.0 Å².